The Morgan fingerprint density at radius 2 is 1.68 bits per heavy atom. The fourth-order valence-corrected chi connectivity index (χ4v) is 2.96. The van der Waals surface area contributed by atoms with Crippen molar-refractivity contribution >= 4 is 10.8 Å². The first-order valence-electron chi connectivity index (χ1n) is 8.24. The number of halogens is 1. The first-order valence-corrected chi connectivity index (χ1v) is 8.24. The maximum absolute atomic E-state index is 13.0. The fraction of sp³-hybridized carbons (Fsp3) is 0.238. The van der Waals surface area contributed by atoms with Crippen molar-refractivity contribution in [3.63, 3.8) is 0 Å². The van der Waals surface area contributed by atoms with Crippen LogP contribution in [0.15, 0.2) is 60.7 Å². The molecule has 0 aromatic heterocycles. The number of hydrogen-bond acceptors (Lipinski definition) is 3. The summed E-state index contributed by atoms with van der Waals surface area (Å²) in [5, 5.41) is 12.6. The highest BCUT2D eigenvalue weighted by atomic mass is 19.1. The van der Waals surface area contributed by atoms with Gasteiger partial charge in [-0.15, -0.1) is 0 Å². The molecule has 3 nitrogen and oxygen atoms in total. The minimum absolute atomic E-state index is 0.294. The monoisotopic (exact) mass is 339 g/mol. The normalized spacial score (nSPS) is 12.5. The van der Waals surface area contributed by atoms with Gasteiger partial charge >= 0.3 is 0 Å². The molecule has 0 amide bonds. The van der Waals surface area contributed by atoms with Crippen LogP contribution in [0.2, 0.25) is 0 Å². The van der Waals surface area contributed by atoms with Gasteiger partial charge < -0.3 is 9.84 Å². The zero-order valence-electron chi connectivity index (χ0n) is 14.4. The minimum atomic E-state index is -0.643. The lowest BCUT2D eigenvalue weighted by molar-refractivity contribution is 0.124. The summed E-state index contributed by atoms with van der Waals surface area (Å²) in [6, 6.07) is 18.3. The molecule has 3 aromatic carbocycles. The van der Waals surface area contributed by atoms with Gasteiger partial charge in [0.25, 0.3) is 0 Å². The molecular weight excluding hydrogens is 317 g/mol. The smallest absolute Gasteiger partial charge is 0.123 e. The number of rotatable bonds is 6. The summed E-state index contributed by atoms with van der Waals surface area (Å²) in [6.07, 6.45) is -0.643. The van der Waals surface area contributed by atoms with E-state index in [2.05, 4.69) is 23.1 Å². The van der Waals surface area contributed by atoms with Gasteiger partial charge in [-0.25, -0.2) is 4.39 Å². The van der Waals surface area contributed by atoms with Gasteiger partial charge in [0.05, 0.1) is 13.2 Å². The van der Waals surface area contributed by atoms with E-state index in [1.54, 1.807) is 19.2 Å². The molecule has 0 unspecified atom stereocenters. The van der Waals surface area contributed by atoms with Crippen LogP contribution in [0.25, 0.3) is 10.8 Å². The number of nitrogens with zero attached hydrogens (tertiary/aromatic N) is 1. The van der Waals surface area contributed by atoms with Crippen molar-refractivity contribution < 1.29 is 14.2 Å². The molecular formula is C21H22FNO2. The van der Waals surface area contributed by atoms with Crippen LogP contribution in [0.4, 0.5) is 4.39 Å². The molecule has 4 heteroatoms. The largest absolute Gasteiger partial charge is 0.497 e. The molecule has 130 valence electrons. The Bertz CT molecular complexity index is 848. The van der Waals surface area contributed by atoms with E-state index in [-0.39, 0.29) is 5.82 Å². The van der Waals surface area contributed by atoms with Crippen molar-refractivity contribution in [1.82, 2.24) is 4.90 Å². The van der Waals surface area contributed by atoms with Crippen molar-refractivity contribution in [1.29, 1.82) is 0 Å². The molecule has 0 spiro atoms. The van der Waals surface area contributed by atoms with Crippen molar-refractivity contribution in [2.45, 2.75) is 12.6 Å². The minimum Gasteiger partial charge on any atom is -0.497 e. The van der Waals surface area contributed by atoms with E-state index in [4.69, 9.17) is 4.74 Å². The molecule has 0 fully saturated rings. The van der Waals surface area contributed by atoms with Gasteiger partial charge in [0.15, 0.2) is 0 Å². The average molecular weight is 339 g/mol. The number of likely N-dealkylation sites (N-methyl/N-ethyl adjacent to an activating group) is 1. The highest BCUT2D eigenvalue weighted by Gasteiger charge is 2.11. The topological polar surface area (TPSA) is 32.7 Å². The highest BCUT2D eigenvalue weighted by Crippen LogP contribution is 2.23. The molecule has 25 heavy (non-hydrogen) atoms. The third-order valence-corrected chi connectivity index (χ3v) is 4.30. The van der Waals surface area contributed by atoms with Gasteiger partial charge in [0, 0.05) is 13.1 Å². The third-order valence-electron chi connectivity index (χ3n) is 4.30. The van der Waals surface area contributed by atoms with Crippen LogP contribution in [-0.2, 0) is 6.54 Å². The van der Waals surface area contributed by atoms with E-state index < -0.39 is 6.10 Å². The SMILES string of the molecule is COc1ccc2cc(CN(C)C[C@@H](O)c3ccc(F)cc3)ccc2c1. The summed E-state index contributed by atoms with van der Waals surface area (Å²) >= 11 is 0. The number of aliphatic hydroxyl groups excluding tert-OH is 1. The molecule has 3 rings (SSSR count). The van der Waals surface area contributed by atoms with E-state index in [1.165, 1.54) is 17.7 Å². The van der Waals surface area contributed by atoms with Gasteiger partial charge in [0.2, 0.25) is 0 Å². The molecule has 0 aliphatic rings. The zero-order valence-corrected chi connectivity index (χ0v) is 14.4. The van der Waals surface area contributed by atoms with Gasteiger partial charge in [-0.05, 0) is 59.3 Å². The Balaban J connectivity index is 1.66. The molecule has 0 radical (unpaired) electrons. The average Bonchev–Trinajstić information content (AvgIpc) is 2.61. The van der Waals surface area contributed by atoms with Gasteiger partial charge in [0.1, 0.15) is 11.6 Å². The Kier molecular flexibility index (Phi) is 5.31. The number of hydrogen-bond donors (Lipinski definition) is 1. The summed E-state index contributed by atoms with van der Waals surface area (Å²) < 4.78 is 18.2. The first kappa shape index (κ1) is 17.4. The summed E-state index contributed by atoms with van der Waals surface area (Å²) in [6.45, 7) is 1.20. The molecule has 0 saturated heterocycles. The lowest BCUT2D eigenvalue weighted by Crippen LogP contribution is -2.24. The Labute approximate surface area is 147 Å². The molecule has 1 N–H and O–H groups in total. The number of fused-ring (bicyclic) bond motifs is 1. The van der Waals surface area contributed by atoms with Crippen LogP contribution in [0.1, 0.15) is 17.2 Å². The van der Waals surface area contributed by atoms with E-state index in [1.807, 2.05) is 25.2 Å². The van der Waals surface area contributed by atoms with Crippen molar-refractivity contribution in [3.05, 3.63) is 77.6 Å². The highest BCUT2D eigenvalue weighted by molar-refractivity contribution is 5.84. The van der Waals surface area contributed by atoms with Crippen LogP contribution in [0, 0.1) is 5.82 Å². The van der Waals surface area contributed by atoms with Crippen molar-refractivity contribution in [2.75, 3.05) is 20.7 Å². The van der Waals surface area contributed by atoms with Crippen molar-refractivity contribution in [3.8, 4) is 5.75 Å². The molecule has 0 bridgehead atoms. The summed E-state index contributed by atoms with van der Waals surface area (Å²) in [5.74, 6) is 0.553. The lowest BCUT2D eigenvalue weighted by Gasteiger charge is -2.21. The maximum atomic E-state index is 13.0. The molecule has 3 aromatic rings. The summed E-state index contributed by atoms with van der Waals surface area (Å²) in [5.41, 5.74) is 1.89. The van der Waals surface area contributed by atoms with Crippen LogP contribution < -0.4 is 4.74 Å². The molecule has 0 saturated carbocycles. The molecule has 0 aliphatic heterocycles. The van der Waals surface area contributed by atoms with Gasteiger partial charge in [-0.3, -0.25) is 4.90 Å². The van der Waals surface area contributed by atoms with Crippen LogP contribution in [0.5, 0.6) is 5.75 Å². The zero-order chi connectivity index (χ0) is 17.8. The third kappa shape index (κ3) is 4.35. The Hall–Kier alpha value is -2.43. The number of methoxy groups -OCH3 is 1. The summed E-state index contributed by atoms with van der Waals surface area (Å²) in [4.78, 5) is 2.05. The van der Waals surface area contributed by atoms with Crippen molar-refractivity contribution in [2.24, 2.45) is 0 Å². The second-order valence-electron chi connectivity index (χ2n) is 6.31. The standard InChI is InChI=1S/C21H22FNO2/c1-23(14-21(24)16-5-8-19(22)9-6-16)13-15-3-4-18-12-20(25-2)10-7-17(18)11-15/h3-12,21,24H,13-14H2,1-2H3/t21-/m1/s1. The first-order chi connectivity index (χ1) is 12.0. The number of aliphatic hydroxyl groups is 1. The van der Waals surface area contributed by atoms with E-state index >= 15 is 0 Å². The summed E-state index contributed by atoms with van der Waals surface area (Å²) in [7, 11) is 3.63. The second kappa shape index (κ2) is 7.64. The van der Waals surface area contributed by atoms with Gasteiger partial charge in [-0.1, -0.05) is 30.3 Å². The van der Waals surface area contributed by atoms with E-state index in [0.717, 1.165) is 28.6 Å². The van der Waals surface area contributed by atoms with E-state index in [0.29, 0.717) is 6.54 Å². The number of ether oxygens (including phenoxy) is 1. The maximum Gasteiger partial charge on any atom is 0.123 e. The molecule has 1 atom stereocenters. The predicted molar refractivity (Wildman–Crippen MR) is 98.2 cm³/mol. The van der Waals surface area contributed by atoms with E-state index in [9.17, 15) is 9.50 Å². The van der Waals surface area contributed by atoms with Crippen LogP contribution >= 0.6 is 0 Å². The van der Waals surface area contributed by atoms with Gasteiger partial charge in [-0.2, -0.15) is 0 Å². The molecule has 0 aliphatic carbocycles. The fourth-order valence-electron chi connectivity index (χ4n) is 2.96. The quantitative estimate of drug-likeness (QED) is 0.732. The lowest BCUT2D eigenvalue weighted by atomic mass is 10.1. The number of benzene rings is 3. The van der Waals surface area contributed by atoms with Crippen LogP contribution in [-0.4, -0.2) is 30.7 Å². The predicted octanol–water partition coefficient (Wildman–Crippen LogP) is 4.15. The molecule has 0 heterocycles. The Morgan fingerprint density at radius 1 is 1.00 bits per heavy atom. The second-order valence-corrected chi connectivity index (χ2v) is 6.31. The Morgan fingerprint density at radius 3 is 2.40 bits per heavy atom. The van der Waals surface area contributed by atoms with Crippen LogP contribution in [0.3, 0.4) is 0 Å².